The zero-order valence-corrected chi connectivity index (χ0v) is 10.1. The highest BCUT2D eigenvalue weighted by Crippen LogP contribution is 2.25. The van der Waals surface area contributed by atoms with Crippen LogP contribution in [0, 0.1) is 23.0 Å². The van der Waals surface area contributed by atoms with Gasteiger partial charge in [0, 0.05) is 17.8 Å². The first-order chi connectivity index (χ1) is 9.67. The van der Waals surface area contributed by atoms with Gasteiger partial charge >= 0.3 is 0 Å². The molecule has 0 aliphatic carbocycles. The highest BCUT2D eigenvalue weighted by atomic mass is 19.1. The molecule has 1 aromatic carbocycles. The van der Waals surface area contributed by atoms with Gasteiger partial charge in [0.25, 0.3) is 0 Å². The van der Waals surface area contributed by atoms with Gasteiger partial charge < -0.3 is 0 Å². The fraction of sp³-hybridized carbons (Fsp3) is 0. The van der Waals surface area contributed by atoms with Gasteiger partial charge in [0.05, 0.1) is 22.3 Å². The highest BCUT2D eigenvalue weighted by molar-refractivity contribution is 5.81. The van der Waals surface area contributed by atoms with E-state index in [0.717, 1.165) is 18.2 Å². The van der Waals surface area contributed by atoms with Crippen molar-refractivity contribution in [1.82, 2.24) is 9.97 Å². The summed E-state index contributed by atoms with van der Waals surface area (Å²) in [5, 5.41) is 9.17. The van der Waals surface area contributed by atoms with Gasteiger partial charge in [-0.1, -0.05) is 0 Å². The SMILES string of the molecule is N#Cc1cc2ncccc2nc1-c1cc(F)cc(F)c1. The van der Waals surface area contributed by atoms with Crippen LogP contribution in [0.25, 0.3) is 22.3 Å². The molecule has 0 saturated carbocycles. The van der Waals surface area contributed by atoms with E-state index in [1.165, 1.54) is 0 Å². The topological polar surface area (TPSA) is 49.6 Å². The maximum atomic E-state index is 13.3. The lowest BCUT2D eigenvalue weighted by atomic mass is 10.1. The molecule has 5 heteroatoms. The van der Waals surface area contributed by atoms with Gasteiger partial charge in [-0.15, -0.1) is 0 Å². The minimum Gasteiger partial charge on any atom is -0.255 e. The Balaban J connectivity index is 2.32. The molecule has 3 aromatic rings. The first kappa shape index (κ1) is 12.2. The molecular weight excluding hydrogens is 260 g/mol. The smallest absolute Gasteiger partial charge is 0.126 e. The van der Waals surface area contributed by atoms with Crippen LogP contribution in [0.1, 0.15) is 5.56 Å². The van der Waals surface area contributed by atoms with Crippen molar-refractivity contribution in [1.29, 1.82) is 5.26 Å². The Bertz CT molecular complexity index is 833. The first-order valence-corrected chi connectivity index (χ1v) is 5.80. The Morgan fingerprint density at radius 2 is 1.75 bits per heavy atom. The molecule has 2 aromatic heterocycles. The van der Waals surface area contributed by atoms with Gasteiger partial charge in [-0.05, 0) is 30.3 Å². The summed E-state index contributed by atoms with van der Waals surface area (Å²) in [6, 6.07) is 10.0. The lowest BCUT2D eigenvalue weighted by Crippen LogP contribution is -1.94. The Labute approximate surface area is 113 Å². The average molecular weight is 267 g/mol. The molecule has 0 radical (unpaired) electrons. The number of fused-ring (bicyclic) bond motifs is 1. The van der Waals surface area contributed by atoms with E-state index < -0.39 is 11.6 Å². The largest absolute Gasteiger partial charge is 0.255 e. The average Bonchev–Trinajstić information content (AvgIpc) is 2.44. The third-order valence-electron chi connectivity index (χ3n) is 2.84. The Hall–Kier alpha value is -2.87. The lowest BCUT2D eigenvalue weighted by molar-refractivity contribution is 0.584. The van der Waals surface area contributed by atoms with Gasteiger partial charge in [-0.3, -0.25) is 4.98 Å². The molecule has 0 fully saturated rings. The molecule has 2 heterocycles. The lowest BCUT2D eigenvalue weighted by Gasteiger charge is -2.06. The molecule has 0 unspecified atom stereocenters. The third-order valence-corrected chi connectivity index (χ3v) is 2.84. The molecule has 0 amide bonds. The molecule has 0 saturated heterocycles. The normalized spacial score (nSPS) is 10.4. The molecule has 20 heavy (non-hydrogen) atoms. The minimum absolute atomic E-state index is 0.223. The van der Waals surface area contributed by atoms with Crippen molar-refractivity contribution in [3.8, 4) is 17.3 Å². The van der Waals surface area contributed by atoms with Crippen LogP contribution in [0.15, 0.2) is 42.6 Å². The predicted molar refractivity (Wildman–Crippen MR) is 69.6 cm³/mol. The molecule has 0 bridgehead atoms. The summed E-state index contributed by atoms with van der Waals surface area (Å²) < 4.78 is 26.6. The van der Waals surface area contributed by atoms with E-state index in [9.17, 15) is 14.0 Å². The van der Waals surface area contributed by atoms with Crippen LogP contribution < -0.4 is 0 Å². The number of aromatic nitrogens is 2. The zero-order chi connectivity index (χ0) is 14.1. The molecule has 3 nitrogen and oxygen atoms in total. The number of hydrogen-bond donors (Lipinski definition) is 0. The van der Waals surface area contributed by atoms with Crippen molar-refractivity contribution in [3.05, 3.63) is 59.8 Å². The Morgan fingerprint density at radius 1 is 1.00 bits per heavy atom. The van der Waals surface area contributed by atoms with Crippen LogP contribution in [-0.2, 0) is 0 Å². The van der Waals surface area contributed by atoms with Crippen molar-refractivity contribution in [2.45, 2.75) is 0 Å². The number of nitrogens with zero attached hydrogens (tertiary/aromatic N) is 3. The van der Waals surface area contributed by atoms with Crippen molar-refractivity contribution >= 4 is 11.0 Å². The van der Waals surface area contributed by atoms with Gasteiger partial charge in [0.1, 0.15) is 17.7 Å². The summed E-state index contributed by atoms with van der Waals surface area (Å²) in [6.45, 7) is 0. The second kappa shape index (κ2) is 4.67. The van der Waals surface area contributed by atoms with Gasteiger partial charge in [-0.25, -0.2) is 13.8 Å². The Morgan fingerprint density at radius 3 is 2.45 bits per heavy atom. The monoisotopic (exact) mass is 267 g/mol. The van der Waals surface area contributed by atoms with E-state index >= 15 is 0 Å². The number of rotatable bonds is 1. The van der Waals surface area contributed by atoms with E-state index in [4.69, 9.17) is 0 Å². The van der Waals surface area contributed by atoms with Crippen molar-refractivity contribution in [2.75, 3.05) is 0 Å². The highest BCUT2D eigenvalue weighted by Gasteiger charge is 2.11. The van der Waals surface area contributed by atoms with E-state index in [-0.39, 0.29) is 16.8 Å². The number of benzene rings is 1. The molecule has 0 spiro atoms. The molecule has 96 valence electrons. The predicted octanol–water partition coefficient (Wildman–Crippen LogP) is 3.45. The number of nitriles is 1. The van der Waals surface area contributed by atoms with Crippen molar-refractivity contribution < 1.29 is 8.78 Å². The quantitative estimate of drug-likeness (QED) is 0.678. The third kappa shape index (κ3) is 2.08. The van der Waals surface area contributed by atoms with Crippen LogP contribution in [0.3, 0.4) is 0 Å². The zero-order valence-electron chi connectivity index (χ0n) is 10.1. The molecule has 0 aliphatic heterocycles. The summed E-state index contributed by atoms with van der Waals surface area (Å²) >= 11 is 0. The van der Waals surface area contributed by atoms with Gasteiger partial charge in [0.2, 0.25) is 0 Å². The first-order valence-electron chi connectivity index (χ1n) is 5.80. The molecule has 0 aliphatic rings. The fourth-order valence-electron chi connectivity index (χ4n) is 2.00. The van der Waals surface area contributed by atoms with Crippen LogP contribution in [0.2, 0.25) is 0 Å². The molecule has 3 rings (SSSR count). The fourth-order valence-corrected chi connectivity index (χ4v) is 2.00. The molecular formula is C15H7F2N3. The minimum atomic E-state index is -0.711. The van der Waals surface area contributed by atoms with E-state index in [0.29, 0.717) is 11.0 Å². The second-order valence-electron chi connectivity index (χ2n) is 4.20. The maximum absolute atomic E-state index is 13.3. The van der Waals surface area contributed by atoms with Crippen LogP contribution in [0.4, 0.5) is 8.78 Å². The molecule has 0 N–H and O–H groups in total. The number of pyridine rings is 2. The van der Waals surface area contributed by atoms with E-state index in [1.54, 1.807) is 24.4 Å². The van der Waals surface area contributed by atoms with Crippen molar-refractivity contribution in [3.63, 3.8) is 0 Å². The molecule has 0 atom stereocenters. The summed E-state index contributed by atoms with van der Waals surface area (Å²) in [4.78, 5) is 8.38. The summed E-state index contributed by atoms with van der Waals surface area (Å²) in [6.07, 6.45) is 1.59. The summed E-state index contributed by atoms with van der Waals surface area (Å²) in [5.41, 5.74) is 1.81. The van der Waals surface area contributed by atoms with Crippen LogP contribution in [-0.4, -0.2) is 9.97 Å². The Kier molecular flexibility index (Phi) is 2.84. The number of hydrogen-bond acceptors (Lipinski definition) is 3. The summed E-state index contributed by atoms with van der Waals surface area (Å²) in [5.74, 6) is -1.42. The standard InChI is InChI=1S/C15H7F2N3/c16-11-4-9(5-12(17)7-11)15-10(8-18)6-14-13(20-15)2-1-3-19-14/h1-7H. The van der Waals surface area contributed by atoms with Crippen LogP contribution >= 0.6 is 0 Å². The summed E-state index contributed by atoms with van der Waals surface area (Å²) in [7, 11) is 0. The second-order valence-corrected chi connectivity index (χ2v) is 4.20. The maximum Gasteiger partial charge on any atom is 0.126 e. The van der Waals surface area contributed by atoms with E-state index in [2.05, 4.69) is 9.97 Å². The van der Waals surface area contributed by atoms with E-state index in [1.807, 2.05) is 6.07 Å². The van der Waals surface area contributed by atoms with Crippen LogP contribution in [0.5, 0.6) is 0 Å². The van der Waals surface area contributed by atoms with Crippen molar-refractivity contribution in [2.24, 2.45) is 0 Å². The van der Waals surface area contributed by atoms with Gasteiger partial charge in [0.15, 0.2) is 0 Å². The number of halogens is 2. The van der Waals surface area contributed by atoms with Gasteiger partial charge in [-0.2, -0.15) is 5.26 Å².